The van der Waals surface area contributed by atoms with Gasteiger partial charge in [-0.05, 0) is 86.0 Å². The van der Waals surface area contributed by atoms with E-state index in [2.05, 4.69) is 25.7 Å². The van der Waals surface area contributed by atoms with Crippen molar-refractivity contribution < 1.29 is 19.7 Å². The molecule has 35 heavy (non-hydrogen) atoms. The molecule has 0 saturated carbocycles. The number of fused-ring (bicyclic) bond motifs is 1. The van der Waals surface area contributed by atoms with E-state index in [-0.39, 0.29) is 17.4 Å². The summed E-state index contributed by atoms with van der Waals surface area (Å²) in [5.74, 6) is 3.43. The molecule has 3 aromatic carbocycles. The molecule has 1 saturated heterocycles. The van der Waals surface area contributed by atoms with Crippen molar-refractivity contribution >= 4 is 11.3 Å². The molecule has 2 aliphatic heterocycles. The molecule has 2 N–H and O–H groups in total. The fourth-order valence-corrected chi connectivity index (χ4v) is 5.15. The van der Waals surface area contributed by atoms with E-state index >= 15 is 0 Å². The first-order valence-corrected chi connectivity index (χ1v) is 12.4. The quantitative estimate of drug-likeness (QED) is 0.444. The Morgan fingerprint density at radius 3 is 2.46 bits per heavy atom. The smallest absolute Gasteiger partial charge is 0.139 e. The standard InChI is InChI=1S/C30H33NO4/c1-19-13-14-31(17-19)20(2)18-34-26-10-7-22(8-11-26)30-29(23-5-4-6-24(32)15-23)21(3)27-16-25(33)9-12-28(27)35-30/h4-12,15-16,19-21,32-33H,13-14,17-18H2,1-3H3/t19-,20-,21?/m1/s1. The van der Waals surface area contributed by atoms with Crippen LogP contribution in [0.25, 0.3) is 11.3 Å². The largest absolute Gasteiger partial charge is 0.508 e. The van der Waals surface area contributed by atoms with Crippen LogP contribution in [-0.2, 0) is 0 Å². The minimum Gasteiger partial charge on any atom is -0.508 e. The van der Waals surface area contributed by atoms with Crippen LogP contribution in [0.4, 0.5) is 0 Å². The topological polar surface area (TPSA) is 62.2 Å². The van der Waals surface area contributed by atoms with Gasteiger partial charge in [0.25, 0.3) is 0 Å². The van der Waals surface area contributed by atoms with Crippen LogP contribution >= 0.6 is 0 Å². The third-order valence-electron chi connectivity index (χ3n) is 7.19. The van der Waals surface area contributed by atoms with Crippen molar-refractivity contribution in [3.63, 3.8) is 0 Å². The fraction of sp³-hybridized carbons (Fsp3) is 0.333. The summed E-state index contributed by atoms with van der Waals surface area (Å²) in [6.07, 6.45) is 1.26. The lowest BCUT2D eigenvalue weighted by molar-refractivity contribution is 0.169. The number of benzene rings is 3. The highest BCUT2D eigenvalue weighted by atomic mass is 16.5. The van der Waals surface area contributed by atoms with Crippen LogP contribution in [0.15, 0.2) is 66.7 Å². The van der Waals surface area contributed by atoms with Gasteiger partial charge in [-0.15, -0.1) is 0 Å². The van der Waals surface area contributed by atoms with E-state index in [1.165, 1.54) is 6.42 Å². The number of phenolic OH excluding ortho intramolecular Hbond substituents is 2. The lowest BCUT2D eigenvalue weighted by atomic mass is 9.83. The SMILES string of the molecule is CC1C(c2cccc(O)c2)=C(c2ccc(OC[C@@H](C)N3CC[C@@H](C)C3)cc2)Oc2ccc(O)cc21. The summed E-state index contributed by atoms with van der Waals surface area (Å²) < 4.78 is 12.5. The molecule has 0 radical (unpaired) electrons. The van der Waals surface area contributed by atoms with Gasteiger partial charge < -0.3 is 19.7 Å². The van der Waals surface area contributed by atoms with Crippen LogP contribution in [-0.4, -0.2) is 40.9 Å². The predicted molar refractivity (Wildman–Crippen MR) is 139 cm³/mol. The van der Waals surface area contributed by atoms with Crippen molar-refractivity contribution in [1.29, 1.82) is 0 Å². The Labute approximate surface area is 207 Å². The Morgan fingerprint density at radius 1 is 0.971 bits per heavy atom. The summed E-state index contributed by atoms with van der Waals surface area (Å²) in [7, 11) is 0. The van der Waals surface area contributed by atoms with Crippen LogP contribution in [0.5, 0.6) is 23.0 Å². The van der Waals surface area contributed by atoms with Crippen LogP contribution in [0, 0.1) is 5.92 Å². The molecule has 5 nitrogen and oxygen atoms in total. The Hall–Kier alpha value is -3.44. The summed E-state index contributed by atoms with van der Waals surface area (Å²) in [6.45, 7) is 9.58. The van der Waals surface area contributed by atoms with E-state index in [0.29, 0.717) is 12.6 Å². The average molecular weight is 472 g/mol. The van der Waals surface area contributed by atoms with Crippen LogP contribution in [0.3, 0.4) is 0 Å². The maximum atomic E-state index is 10.1. The number of phenols is 2. The van der Waals surface area contributed by atoms with Gasteiger partial charge in [-0.2, -0.15) is 0 Å². The molecule has 5 heteroatoms. The molecule has 0 aromatic heterocycles. The lowest BCUT2D eigenvalue weighted by Gasteiger charge is -2.29. The minimum absolute atomic E-state index is 0.0396. The van der Waals surface area contributed by atoms with E-state index < -0.39 is 0 Å². The molecule has 2 heterocycles. The first-order chi connectivity index (χ1) is 16.9. The minimum atomic E-state index is -0.0396. The summed E-state index contributed by atoms with van der Waals surface area (Å²) in [5, 5.41) is 20.2. The van der Waals surface area contributed by atoms with Gasteiger partial charge in [-0.25, -0.2) is 0 Å². The zero-order valence-electron chi connectivity index (χ0n) is 20.6. The number of rotatable bonds is 6. The lowest BCUT2D eigenvalue weighted by Crippen LogP contribution is -2.35. The summed E-state index contributed by atoms with van der Waals surface area (Å²) >= 11 is 0. The Kier molecular flexibility index (Phi) is 6.44. The van der Waals surface area contributed by atoms with E-state index in [9.17, 15) is 10.2 Å². The molecule has 3 aromatic rings. The van der Waals surface area contributed by atoms with E-state index in [1.807, 2.05) is 36.4 Å². The van der Waals surface area contributed by atoms with Gasteiger partial charge >= 0.3 is 0 Å². The van der Waals surface area contributed by atoms with Gasteiger partial charge in [-0.3, -0.25) is 4.90 Å². The van der Waals surface area contributed by atoms with Crippen LogP contribution in [0.2, 0.25) is 0 Å². The third-order valence-corrected chi connectivity index (χ3v) is 7.19. The highest BCUT2D eigenvalue weighted by molar-refractivity contribution is 5.93. The first kappa shape index (κ1) is 23.3. The van der Waals surface area contributed by atoms with Gasteiger partial charge in [0.2, 0.25) is 0 Å². The predicted octanol–water partition coefficient (Wildman–Crippen LogP) is 6.27. The van der Waals surface area contributed by atoms with Gasteiger partial charge in [-0.1, -0.05) is 26.0 Å². The number of likely N-dealkylation sites (tertiary alicyclic amines) is 1. The molecule has 5 rings (SSSR count). The van der Waals surface area contributed by atoms with Crippen molar-refractivity contribution in [1.82, 2.24) is 4.90 Å². The Morgan fingerprint density at radius 2 is 1.74 bits per heavy atom. The molecule has 0 aliphatic carbocycles. The van der Waals surface area contributed by atoms with E-state index in [1.54, 1.807) is 30.3 Å². The second-order valence-corrected chi connectivity index (χ2v) is 9.91. The van der Waals surface area contributed by atoms with Crippen molar-refractivity contribution in [3.05, 3.63) is 83.4 Å². The molecule has 1 unspecified atom stereocenters. The Balaban J connectivity index is 1.43. The van der Waals surface area contributed by atoms with Crippen LogP contribution in [0.1, 0.15) is 49.8 Å². The molecule has 0 spiro atoms. The molecule has 3 atom stereocenters. The Bertz CT molecular complexity index is 1230. The molecular formula is C30H33NO4. The number of hydrogen-bond donors (Lipinski definition) is 2. The molecule has 0 bridgehead atoms. The second-order valence-electron chi connectivity index (χ2n) is 9.91. The van der Waals surface area contributed by atoms with Gasteiger partial charge in [0.1, 0.15) is 35.4 Å². The summed E-state index contributed by atoms with van der Waals surface area (Å²) in [4.78, 5) is 2.50. The molecular weight excluding hydrogens is 438 g/mol. The van der Waals surface area contributed by atoms with E-state index in [4.69, 9.17) is 9.47 Å². The van der Waals surface area contributed by atoms with E-state index in [0.717, 1.165) is 58.5 Å². The fourth-order valence-electron chi connectivity index (χ4n) is 5.15. The van der Waals surface area contributed by atoms with Crippen LogP contribution < -0.4 is 9.47 Å². The van der Waals surface area contributed by atoms with Crippen molar-refractivity contribution in [3.8, 4) is 23.0 Å². The number of ether oxygens (including phenoxy) is 2. The average Bonchev–Trinajstić information content (AvgIpc) is 3.29. The second kappa shape index (κ2) is 9.67. The van der Waals surface area contributed by atoms with Gasteiger partial charge in [0.15, 0.2) is 0 Å². The zero-order valence-corrected chi connectivity index (χ0v) is 20.6. The van der Waals surface area contributed by atoms with Gasteiger partial charge in [0.05, 0.1) is 0 Å². The first-order valence-electron chi connectivity index (χ1n) is 12.4. The number of aromatic hydroxyl groups is 2. The maximum Gasteiger partial charge on any atom is 0.139 e. The molecule has 182 valence electrons. The molecule has 2 aliphatic rings. The van der Waals surface area contributed by atoms with Crippen molar-refractivity contribution in [2.75, 3.05) is 19.7 Å². The highest BCUT2D eigenvalue weighted by Crippen LogP contribution is 2.47. The maximum absolute atomic E-state index is 10.1. The molecule has 1 fully saturated rings. The number of hydrogen-bond acceptors (Lipinski definition) is 5. The highest BCUT2D eigenvalue weighted by Gasteiger charge is 2.29. The number of allylic oxidation sites excluding steroid dienone is 1. The van der Waals surface area contributed by atoms with Gasteiger partial charge in [0, 0.05) is 35.2 Å². The van der Waals surface area contributed by atoms with Crippen molar-refractivity contribution in [2.45, 2.75) is 39.2 Å². The third kappa shape index (κ3) is 4.87. The number of nitrogens with zero attached hydrogens (tertiary/aromatic N) is 1. The summed E-state index contributed by atoms with van der Waals surface area (Å²) in [6, 6.07) is 20.8. The molecule has 0 amide bonds. The monoisotopic (exact) mass is 471 g/mol. The summed E-state index contributed by atoms with van der Waals surface area (Å²) in [5.41, 5.74) is 3.69. The normalized spacial score (nSPS) is 20.9. The zero-order chi connectivity index (χ0) is 24.5. The van der Waals surface area contributed by atoms with Crippen molar-refractivity contribution in [2.24, 2.45) is 5.92 Å².